The lowest BCUT2D eigenvalue weighted by molar-refractivity contribution is -0.283. The second-order valence-electron chi connectivity index (χ2n) is 5.22. The molecule has 1 heterocycles. The second-order valence-corrected chi connectivity index (χ2v) is 5.22. The number of aliphatic carboxylic acids is 1. The first kappa shape index (κ1) is 18.3. The maximum atomic E-state index is 11.2. The molecule has 0 aromatic carbocycles. The van der Waals surface area contributed by atoms with E-state index in [-0.39, 0.29) is 6.41 Å². The minimum atomic E-state index is -2.70. The zero-order valence-electron chi connectivity index (χ0n) is 12.1. The molecule has 1 fully saturated rings. The van der Waals surface area contributed by atoms with Crippen LogP contribution in [0.25, 0.3) is 0 Å². The lowest BCUT2D eigenvalue weighted by Gasteiger charge is -2.45. The molecule has 0 aromatic rings. The average molecular weight is 320 g/mol. The maximum Gasteiger partial charge on any atom is 0.364 e. The topological polar surface area (TPSA) is 165 Å². The van der Waals surface area contributed by atoms with Gasteiger partial charge in [0, 0.05) is 13.3 Å². The molecule has 1 rings (SSSR count). The van der Waals surface area contributed by atoms with Crippen LogP contribution in [0.3, 0.4) is 0 Å². The average Bonchev–Trinajstić information content (AvgIpc) is 2.38. The van der Waals surface area contributed by atoms with Gasteiger partial charge in [-0.25, -0.2) is 4.79 Å². The molecule has 2 amide bonds. The van der Waals surface area contributed by atoms with E-state index in [2.05, 4.69) is 10.6 Å². The Kier molecular flexibility index (Phi) is 5.83. The van der Waals surface area contributed by atoms with Gasteiger partial charge in [0.25, 0.3) is 5.79 Å². The number of amides is 2. The number of aliphatic hydroxyl groups excluding tert-OH is 2. The Balaban J connectivity index is 3.17. The summed E-state index contributed by atoms with van der Waals surface area (Å²) >= 11 is 0. The lowest BCUT2D eigenvalue weighted by atomic mass is 9.87. The van der Waals surface area contributed by atoms with Crippen molar-refractivity contribution >= 4 is 18.3 Å². The van der Waals surface area contributed by atoms with Gasteiger partial charge < -0.3 is 35.8 Å². The van der Waals surface area contributed by atoms with Crippen molar-refractivity contribution in [3.05, 3.63) is 0 Å². The van der Waals surface area contributed by atoms with E-state index in [0.717, 1.165) is 0 Å². The van der Waals surface area contributed by atoms with Crippen molar-refractivity contribution < 1.29 is 39.5 Å². The number of hydrogen-bond acceptors (Lipinski definition) is 7. The maximum absolute atomic E-state index is 11.2. The highest BCUT2D eigenvalue weighted by molar-refractivity contribution is 5.76. The van der Waals surface area contributed by atoms with E-state index in [4.69, 9.17) is 9.84 Å². The second kappa shape index (κ2) is 7.01. The van der Waals surface area contributed by atoms with Crippen LogP contribution >= 0.6 is 0 Å². The molecule has 0 aromatic heterocycles. The summed E-state index contributed by atoms with van der Waals surface area (Å²) in [5, 5.41) is 43.3. The summed E-state index contributed by atoms with van der Waals surface area (Å²) in [5.74, 6) is -4.96. The van der Waals surface area contributed by atoms with Gasteiger partial charge in [-0.3, -0.25) is 9.59 Å². The Morgan fingerprint density at radius 1 is 1.45 bits per heavy atom. The molecule has 10 nitrogen and oxygen atoms in total. The number of carbonyl (C=O) groups excluding carboxylic acids is 2. The van der Waals surface area contributed by atoms with Crippen molar-refractivity contribution in [3.8, 4) is 0 Å². The molecule has 1 aliphatic rings. The van der Waals surface area contributed by atoms with Crippen molar-refractivity contribution in [2.24, 2.45) is 0 Å². The molecular formula is C12H20N2O8. The van der Waals surface area contributed by atoms with Gasteiger partial charge in [-0.2, -0.15) is 0 Å². The van der Waals surface area contributed by atoms with E-state index in [1.54, 1.807) is 0 Å². The first-order valence-corrected chi connectivity index (χ1v) is 6.59. The van der Waals surface area contributed by atoms with Crippen LogP contribution < -0.4 is 10.6 Å². The molecule has 0 unspecified atom stereocenters. The molecule has 0 radical (unpaired) electrons. The van der Waals surface area contributed by atoms with E-state index in [9.17, 15) is 29.7 Å². The summed E-state index contributed by atoms with van der Waals surface area (Å²) < 4.78 is 5.10. The molecule has 0 aliphatic carbocycles. The number of hydrogen-bond donors (Lipinski definition) is 6. The van der Waals surface area contributed by atoms with Crippen molar-refractivity contribution in [3.63, 3.8) is 0 Å². The van der Waals surface area contributed by atoms with Crippen molar-refractivity contribution in [1.29, 1.82) is 0 Å². The fourth-order valence-electron chi connectivity index (χ4n) is 2.41. The fraction of sp³-hybridized carbons (Fsp3) is 0.750. The monoisotopic (exact) mass is 320 g/mol. The number of nitrogens with one attached hydrogen (secondary N) is 2. The van der Waals surface area contributed by atoms with Crippen LogP contribution in [0.4, 0.5) is 0 Å². The Bertz CT molecular complexity index is 443. The van der Waals surface area contributed by atoms with Crippen molar-refractivity contribution in [2.45, 2.75) is 56.5 Å². The van der Waals surface area contributed by atoms with Crippen molar-refractivity contribution in [1.82, 2.24) is 10.6 Å². The van der Waals surface area contributed by atoms with E-state index in [1.807, 2.05) is 0 Å². The van der Waals surface area contributed by atoms with Crippen LogP contribution in [-0.4, -0.2) is 74.9 Å². The van der Waals surface area contributed by atoms with Gasteiger partial charge in [0.15, 0.2) is 0 Å². The summed E-state index contributed by atoms with van der Waals surface area (Å²) in [6.07, 6.45) is -4.45. The highest BCUT2D eigenvalue weighted by Crippen LogP contribution is 2.30. The predicted molar refractivity (Wildman–Crippen MR) is 70.4 cm³/mol. The van der Waals surface area contributed by atoms with E-state index in [0.29, 0.717) is 0 Å². The Morgan fingerprint density at radius 3 is 2.45 bits per heavy atom. The quantitative estimate of drug-likeness (QED) is 0.280. The molecule has 1 saturated heterocycles. The number of rotatable bonds is 6. The number of carbonyl (C=O) groups is 3. The lowest BCUT2D eigenvalue weighted by Crippen LogP contribution is -2.69. The minimum absolute atomic E-state index is 0.256. The predicted octanol–water partition coefficient (Wildman–Crippen LogP) is -3.09. The smallest absolute Gasteiger partial charge is 0.364 e. The number of carboxylic acids is 1. The first-order chi connectivity index (χ1) is 10.1. The number of aliphatic hydroxyl groups is 3. The zero-order chi connectivity index (χ0) is 17.1. The summed E-state index contributed by atoms with van der Waals surface area (Å²) in [6, 6.07) is -2.28. The SMILES string of the molecule is CC(=O)N[C@@H]1[C@@H]([C@H](NC=O)[C@H](C)O)O[C@](O)(C(=O)O)C[C@@H]1O. The molecule has 22 heavy (non-hydrogen) atoms. The molecule has 126 valence electrons. The molecule has 0 spiro atoms. The zero-order valence-corrected chi connectivity index (χ0v) is 12.1. The fourth-order valence-corrected chi connectivity index (χ4v) is 2.41. The third-order valence-corrected chi connectivity index (χ3v) is 3.42. The molecule has 6 atom stereocenters. The van der Waals surface area contributed by atoms with Crippen LogP contribution in [0.15, 0.2) is 0 Å². The van der Waals surface area contributed by atoms with Crippen LogP contribution in [0, 0.1) is 0 Å². The summed E-state index contributed by atoms with van der Waals surface area (Å²) in [4.78, 5) is 33.0. The van der Waals surface area contributed by atoms with Crippen LogP contribution in [0.1, 0.15) is 20.3 Å². The van der Waals surface area contributed by atoms with Crippen LogP contribution in [0.2, 0.25) is 0 Å². The standard InChI is InChI=1S/C12H20N2O8/c1-5(16)8(13-4-15)10-9(14-6(2)17)7(18)3-12(21,22-10)11(19)20/h4-5,7-10,16,18,21H,3H2,1-2H3,(H,13,15)(H,14,17)(H,19,20)/t5-,7-,8+,9-,10+,12-/m0/s1. The Morgan fingerprint density at radius 2 is 2.05 bits per heavy atom. The van der Waals surface area contributed by atoms with E-state index < -0.39 is 54.5 Å². The van der Waals surface area contributed by atoms with E-state index >= 15 is 0 Å². The van der Waals surface area contributed by atoms with Gasteiger partial charge in [-0.15, -0.1) is 0 Å². The molecule has 0 saturated carbocycles. The van der Waals surface area contributed by atoms with Crippen molar-refractivity contribution in [2.75, 3.05) is 0 Å². The van der Waals surface area contributed by atoms with Gasteiger partial charge in [0.05, 0.1) is 24.3 Å². The van der Waals surface area contributed by atoms with Gasteiger partial charge in [-0.05, 0) is 6.92 Å². The summed E-state index contributed by atoms with van der Waals surface area (Å²) in [7, 11) is 0. The largest absolute Gasteiger partial charge is 0.477 e. The number of carboxylic acid groups (broad SMARTS) is 1. The Hall–Kier alpha value is -1.75. The highest BCUT2D eigenvalue weighted by Gasteiger charge is 2.53. The van der Waals surface area contributed by atoms with Gasteiger partial charge in [0.2, 0.25) is 12.3 Å². The normalized spacial score (nSPS) is 34.3. The highest BCUT2D eigenvalue weighted by atomic mass is 16.7. The molecule has 0 bridgehead atoms. The molecule has 6 N–H and O–H groups in total. The first-order valence-electron chi connectivity index (χ1n) is 6.59. The molecule has 10 heteroatoms. The Labute approximate surface area is 126 Å². The van der Waals surface area contributed by atoms with Crippen LogP contribution in [-0.2, 0) is 19.1 Å². The summed E-state index contributed by atoms with van der Waals surface area (Å²) in [6.45, 7) is 2.47. The van der Waals surface area contributed by atoms with Gasteiger partial charge >= 0.3 is 5.97 Å². The van der Waals surface area contributed by atoms with Gasteiger partial charge in [-0.1, -0.05) is 0 Å². The number of ether oxygens (including phenoxy) is 1. The molecule has 1 aliphatic heterocycles. The molecular weight excluding hydrogens is 300 g/mol. The third-order valence-electron chi connectivity index (χ3n) is 3.42. The minimum Gasteiger partial charge on any atom is -0.477 e. The van der Waals surface area contributed by atoms with E-state index in [1.165, 1.54) is 13.8 Å². The third kappa shape index (κ3) is 3.91. The van der Waals surface area contributed by atoms with Crippen LogP contribution in [0.5, 0.6) is 0 Å². The summed E-state index contributed by atoms with van der Waals surface area (Å²) in [5.41, 5.74) is 0. The van der Waals surface area contributed by atoms with Gasteiger partial charge in [0.1, 0.15) is 6.10 Å².